The maximum atomic E-state index is 6.30. The Morgan fingerprint density at radius 1 is 0.706 bits per heavy atom. The molecule has 34 heavy (non-hydrogen) atoms. The zero-order valence-corrected chi connectivity index (χ0v) is 19.1. The summed E-state index contributed by atoms with van der Waals surface area (Å²) in [6.07, 6.45) is 2.10. The van der Waals surface area contributed by atoms with Crippen LogP contribution in [0.3, 0.4) is 0 Å². The number of nitrogens with zero attached hydrogens (tertiary/aromatic N) is 2. The van der Waals surface area contributed by atoms with E-state index in [4.69, 9.17) is 4.42 Å². The Labute approximate surface area is 197 Å². The SMILES string of the molecule is Cc1cc2oc3ccccc3c2c2c3ccccc3n(-c3ccccc3-c3cccc[n+]3C)c12. The Morgan fingerprint density at radius 3 is 2.32 bits per heavy atom. The summed E-state index contributed by atoms with van der Waals surface area (Å²) in [5.74, 6) is 0. The summed E-state index contributed by atoms with van der Waals surface area (Å²) in [5.41, 5.74) is 9.04. The van der Waals surface area contributed by atoms with Gasteiger partial charge in [0.15, 0.2) is 6.20 Å². The van der Waals surface area contributed by atoms with E-state index in [1.807, 2.05) is 6.07 Å². The molecule has 3 nitrogen and oxygen atoms in total. The zero-order chi connectivity index (χ0) is 22.8. The van der Waals surface area contributed by atoms with Crippen LogP contribution in [0.5, 0.6) is 0 Å². The highest BCUT2D eigenvalue weighted by Gasteiger charge is 2.23. The van der Waals surface area contributed by atoms with Gasteiger partial charge in [-0.3, -0.25) is 0 Å². The molecular formula is C31H23N2O+. The monoisotopic (exact) mass is 439 g/mol. The number of rotatable bonds is 2. The van der Waals surface area contributed by atoms with Gasteiger partial charge in [0.2, 0.25) is 5.69 Å². The molecule has 0 N–H and O–H groups in total. The Kier molecular flexibility index (Phi) is 3.97. The number of fused-ring (bicyclic) bond motifs is 7. The van der Waals surface area contributed by atoms with Crippen molar-refractivity contribution in [3.63, 3.8) is 0 Å². The van der Waals surface area contributed by atoms with Crippen LogP contribution in [-0.2, 0) is 7.05 Å². The van der Waals surface area contributed by atoms with Crippen LogP contribution in [-0.4, -0.2) is 4.57 Å². The van der Waals surface area contributed by atoms with Crippen molar-refractivity contribution in [2.75, 3.05) is 0 Å². The molecule has 0 bridgehead atoms. The van der Waals surface area contributed by atoms with Gasteiger partial charge in [-0.05, 0) is 48.9 Å². The van der Waals surface area contributed by atoms with Crippen LogP contribution in [0.15, 0.2) is 108 Å². The molecule has 0 spiro atoms. The van der Waals surface area contributed by atoms with Gasteiger partial charge in [-0.2, -0.15) is 0 Å². The van der Waals surface area contributed by atoms with Gasteiger partial charge in [0, 0.05) is 33.7 Å². The first-order valence-corrected chi connectivity index (χ1v) is 11.6. The van der Waals surface area contributed by atoms with Crippen molar-refractivity contribution >= 4 is 43.7 Å². The molecule has 0 unspecified atom stereocenters. The molecule has 0 fully saturated rings. The van der Waals surface area contributed by atoms with Crippen molar-refractivity contribution in [3.8, 4) is 16.9 Å². The minimum Gasteiger partial charge on any atom is -0.456 e. The van der Waals surface area contributed by atoms with Gasteiger partial charge >= 0.3 is 0 Å². The molecule has 0 atom stereocenters. The number of aryl methyl sites for hydroxylation is 2. The number of furan rings is 1. The molecule has 3 aromatic heterocycles. The highest BCUT2D eigenvalue weighted by atomic mass is 16.3. The predicted octanol–water partition coefficient (Wildman–Crippen LogP) is 7.48. The van der Waals surface area contributed by atoms with Crippen molar-refractivity contribution in [2.45, 2.75) is 6.92 Å². The highest BCUT2D eigenvalue weighted by Crippen LogP contribution is 2.43. The van der Waals surface area contributed by atoms with Crippen molar-refractivity contribution in [1.29, 1.82) is 0 Å². The topological polar surface area (TPSA) is 21.9 Å². The van der Waals surface area contributed by atoms with Crippen LogP contribution in [0.1, 0.15) is 5.56 Å². The average molecular weight is 440 g/mol. The molecule has 0 saturated heterocycles. The van der Waals surface area contributed by atoms with Gasteiger partial charge in [-0.15, -0.1) is 0 Å². The number of hydrogen-bond donors (Lipinski definition) is 0. The molecule has 162 valence electrons. The van der Waals surface area contributed by atoms with Gasteiger partial charge in [0.05, 0.1) is 22.3 Å². The fraction of sp³-hybridized carbons (Fsp3) is 0.0645. The first kappa shape index (κ1) is 19.1. The first-order chi connectivity index (χ1) is 16.7. The number of benzene rings is 4. The van der Waals surface area contributed by atoms with E-state index in [0.717, 1.165) is 16.6 Å². The number of aromatic nitrogens is 2. The standard InChI is InChI=1S/C31H23N2O/c1-20-19-28-29(23-13-5-8-17-27(23)34-28)30-22-12-4-7-16-26(22)33(31(20)30)25-15-6-3-11-21(25)24-14-9-10-18-32(24)2/h3-19H,1-2H3/q+1. The van der Waals surface area contributed by atoms with Crippen molar-refractivity contribution in [1.82, 2.24) is 4.57 Å². The zero-order valence-electron chi connectivity index (χ0n) is 19.1. The molecular weight excluding hydrogens is 416 g/mol. The quantitative estimate of drug-likeness (QED) is 0.256. The Bertz CT molecular complexity index is 1890. The van der Waals surface area contributed by atoms with E-state index in [0.29, 0.717) is 0 Å². The smallest absolute Gasteiger partial charge is 0.214 e. The maximum Gasteiger partial charge on any atom is 0.214 e. The predicted molar refractivity (Wildman–Crippen MR) is 139 cm³/mol. The van der Waals surface area contributed by atoms with Gasteiger partial charge in [-0.1, -0.05) is 48.5 Å². The molecule has 7 rings (SSSR count). The van der Waals surface area contributed by atoms with E-state index in [9.17, 15) is 0 Å². The minimum absolute atomic E-state index is 0.929. The lowest BCUT2D eigenvalue weighted by Gasteiger charge is -2.13. The third-order valence-electron chi connectivity index (χ3n) is 6.94. The molecule has 3 heteroatoms. The van der Waals surface area contributed by atoms with E-state index >= 15 is 0 Å². The lowest BCUT2D eigenvalue weighted by molar-refractivity contribution is -0.660. The summed E-state index contributed by atoms with van der Waals surface area (Å²) in [7, 11) is 2.10. The average Bonchev–Trinajstić information content (AvgIpc) is 3.40. The van der Waals surface area contributed by atoms with Crippen LogP contribution < -0.4 is 4.57 Å². The summed E-state index contributed by atoms with van der Waals surface area (Å²) >= 11 is 0. The van der Waals surface area contributed by atoms with Crippen LogP contribution >= 0.6 is 0 Å². The molecule has 0 aliphatic carbocycles. The number of para-hydroxylation sites is 3. The Hall–Kier alpha value is -4.37. The summed E-state index contributed by atoms with van der Waals surface area (Å²) in [6.45, 7) is 2.19. The molecule has 0 aliphatic rings. The van der Waals surface area contributed by atoms with E-state index in [1.165, 1.54) is 49.7 Å². The van der Waals surface area contributed by atoms with Crippen molar-refractivity contribution < 1.29 is 8.98 Å². The summed E-state index contributed by atoms with van der Waals surface area (Å²) < 4.78 is 10.9. The summed E-state index contributed by atoms with van der Waals surface area (Å²) in [5, 5.41) is 4.84. The third-order valence-corrected chi connectivity index (χ3v) is 6.94. The second kappa shape index (κ2) is 7.06. The molecule has 0 amide bonds. The molecule has 3 heterocycles. The van der Waals surface area contributed by atoms with E-state index in [1.54, 1.807) is 0 Å². The van der Waals surface area contributed by atoms with E-state index < -0.39 is 0 Å². The lowest BCUT2D eigenvalue weighted by Crippen LogP contribution is -2.30. The summed E-state index contributed by atoms with van der Waals surface area (Å²) in [4.78, 5) is 0. The molecule has 7 aromatic rings. The van der Waals surface area contributed by atoms with Gasteiger partial charge in [-0.25, -0.2) is 4.57 Å². The van der Waals surface area contributed by atoms with Crippen LogP contribution in [0, 0.1) is 6.92 Å². The molecule has 4 aromatic carbocycles. The highest BCUT2D eigenvalue weighted by molar-refractivity contribution is 6.28. The maximum absolute atomic E-state index is 6.30. The number of pyridine rings is 1. The van der Waals surface area contributed by atoms with Crippen molar-refractivity contribution in [3.05, 3.63) is 109 Å². The third kappa shape index (κ3) is 2.55. The molecule has 0 radical (unpaired) electrons. The minimum atomic E-state index is 0.929. The normalized spacial score (nSPS) is 11.8. The Balaban J connectivity index is 1.71. The lowest BCUT2D eigenvalue weighted by atomic mass is 10.0. The molecule has 0 saturated carbocycles. The first-order valence-electron chi connectivity index (χ1n) is 11.6. The Morgan fingerprint density at radius 2 is 1.44 bits per heavy atom. The van der Waals surface area contributed by atoms with Gasteiger partial charge < -0.3 is 8.98 Å². The van der Waals surface area contributed by atoms with Crippen LogP contribution in [0.4, 0.5) is 0 Å². The fourth-order valence-electron chi connectivity index (χ4n) is 5.49. The second-order valence-electron chi connectivity index (χ2n) is 8.95. The second-order valence-corrected chi connectivity index (χ2v) is 8.95. The van der Waals surface area contributed by atoms with Gasteiger partial charge in [0.1, 0.15) is 18.2 Å². The summed E-state index contributed by atoms with van der Waals surface area (Å²) in [6, 6.07) is 34.3. The van der Waals surface area contributed by atoms with E-state index in [2.05, 4.69) is 120 Å². The van der Waals surface area contributed by atoms with Crippen LogP contribution in [0.25, 0.3) is 60.7 Å². The van der Waals surface area contributed by atoms with E-state index in [-0.39, 0.29) is 0 Å². The van der Waals surface area contributed by atoms with Gasteiger partial charge in [0.25, 0.3) is 0 Å². The van der Waals surface area contributed by atoms with Crippen LogP contribution in [0.2, 0.25) is 0 Å². The number of hydrogen-bond acceptors (Lipinski definition) is 1. The molecule has 0 aliphatic heterocycles. The largest absolute Gasteiger partial charge is 0.456 e. The van der Waals surface area contributed by atoms with Crippen molar-refractivity contribution in [2.24, 2.45) is 7.05 Å². The fourth-order valence-corrected chi connectivity index (χ4v) is 5.49.